The van der Waals surface area contributed by atoms with Crippen LogP contribution in [-0.4, -0.2) is 20.1 Å². The van der Waals surface area contributed by atoms with Crippen molar-refractivity contribution in [1.29, 1.82) is 0 Å². The van der Waals surface area contributed by atoms with Gasteiger partial charge < -0.3 is 0 Å². The molecule has 0 radical (unpaired) electrons. The van der Waals surface area contributed by atoms with Gasteiger partial charge in [0.05, 0.1) is 5.75 Å². The number of allylic oxidation sites excluding steroid dienone is 1. The van der Waals surface area contributed by atoms with Crippen LogP contribution >= 0.6 is 11.6 Å². The Kier molecular flexibility index (Phi) is 10.5. The van der Waals surface area contributed by atoms with E-state index in [1.54, 1.807) is 12.1 Å². The average Bonchev–Trinajstić information content (AvgIpc) is 2.74. The minimum atomic E-state index is -3.66. The first-order valence-electron chi connectivity index (χ1n) is 11.4. The lowest BCUT2D eigenvalue weighted by Crippen LogP contribution is -2.33. The maximum absolute atomic E-state index is 12.8. The second-order valence-electron chi connectivity index (χ2n) is 8.13. The predicted molar refractivity (Wildman–Crippen MR) is 135 cm³/mol. The van der Waals surface area contributed by atoms with E-state index < -0.39 is 15.9 Å². The van der Waals surface area contributed by atoms with Crippen LogP contribution in [0.5, 0.6) is 0 Å². The molecule has 0 unspecified atom stereocenters. The first-order valence-corrected chi connectivity index (χ1v) is 13.4. The fraction of sp³-hybridized carbons (Fsp3) is 0.423. The van der Waals surface area contributed by atoms with Gasteiger partial charge >= 0.3 is 0 Å². The number of nitrogens with one attached hydrogen (secondary N) is 1. The van der Waals surface area contributed by atoms with Gasteiger partial charge in [0.2, 0.25) is 10.0 Å². The topological polar surface area (TPSA) is 63.2 Å². The Morgan fingerprint density at radius 1 is 1.06 bits per heavy atom. The second-order valence-corrected chi connectivity index (χ2v) is 10.4. The normalized spacial score (nSPS) is 11.8. The van der Waals surface area contributed by atoms with Gasteiger partial charge in [-0.25, -0.2) is 13.1 Å². The zero-order chi connectivity index (χ0) is 23.6. The quantitative estimate of drug-likeness (QED) is 0.347. The van der Waals surface area contributed by atoms with Crippen LogP contribution < -0.4 is 4.72 Å². The van der Waals surface area contributed by atoms with Gasteiger partial charge in [0.1, 0.15) is 0 Å². The summed E-state index contributed by atoms with van der Waals surface area (Å²) in [6, 6.07) is 11.3. The Hall–Kier alpha value is -2.11. The van der Waals surface area contributed by atoms with E-state index in [2.05, 4.69) is 23.8 Å². The number of benzene rings is 2. The van der Waals surface area contributed by atoms with Gasteiger partial charge in [0.15, 0.2) is 0 Å². The third-order valence-electron chi connectivity index (χ3n) is 5.40. The fourth-order valence-electron chi connectivity index (χ4n) is 3.48. The third-order valence-corrected chi connectivity index (χ3v) is 7.07. The fourth-order valence-corrected chi connectivity index (χ4v) is 4.82. The first kappa shape index (κ1) is 26.1. The van der Waals surface area contributed by atoms with E-state index in [0.29, 0.717) is 23.4 Å². The van der Waals surface area contributed by atoms with Gasteiger partial charge in [-0.15, -0.1) is 0 Å². The molecule has 0 fully saturated rings. The molecule has 0 aliphatic carbocycles. The Morgan fingerprint density at radius 2 is 1.81 bits per heavy atom. The molecular weight excluding hydrogens is 442 g/mol. The molecule has 32 heavy (non-hydrogen) atoms. The van der Waals surface area contributed by atoms with E-state index in [0.717, 1.165) is 54.4 Å². The summed E-state index contributed by atoms with van der Waals surface area (Å²) in [5, 5.41) is 0.629. The van der Waals surface area contributed by atoms with E-state index >= 15 is 0 Å². The Bertz CT molecular complexity index is 1050. The minimum Gasteiger partial charge on any atom is -0.268 e. The van der Waals surface area contributed by atoms with Gasteiger partial charge in [-0.1, -0.05) is 87.5 Å². The number of unbranched alkanes of at least 4 members (excludes halogenated alkanes) is 4. The molecule has 4 nitrogen and oxygen atoms in total. The second kappa shape index (κ2) is 12.8. The molecule has 2 aromatic rings. The van der Waals surface area contributed by atoms with Crippen LogP contribution in [0.4, 0.5) is 0 Å². The molecule has 6 heteroatoms. The first-order chi connectivity index (χ1) is 15.3. The van der Waals surface area contributed by atoms with Crippen molar-refractivity contribution in [2.24, 2.45) is 0 Å². The van der Waals surface area contributed by atoms with Crippen LogP contribution in [0.25, 0.3) is 6.08 Å². The van der Waals surface area contributed by atoms with Gasteiger partial charge in [-0.2, -0.15) is 0 Å². The number of hydrogen-bond acceptors (Lipinski definition) is 3. The molecule has 0 bridgehead atoms. The van der Waals surface area contributed by atoms with Crippen LogP contribution in [0, 0.1) is 6.92 Å². The van der Waals surface area contributed by atoms with Crippen molar-refractivity contribution in [3.8, 4) is 0 Å². The summed E-state index contributed by atoms with van der Waals surface area (Å²) >= 11 is 6.55. The zero-order valence-electron chi connectivity index (χ0n) is 19.3. The minimum absolute atomic E-state index is 0.0488. The molecule has 0 atom stereocenters. The van der Waals surface area contributed by atoms with Crippen molar-refractivity contribution in [2.45, 2.75) is 65.7 Å². The van der Waals surface area contributed by atoms with E-state index in [1.165, 1.54) is 0 Å². The molecule has 0 heterocycles. The average molecular weight is 476 g/mol. The Morgan fingerprint density at radius 3 is 2.50 bits per heavy atom. The summed E-state index contributed by atoms with van der Waals surface area (Å²) in [6.07, 6.45) is 10.3. The van der Waals surface area contributed by atoms with Gasteiger partial charge in [-0.3, -0.25) is 4.79 Å². The van der Waals surface area contributed by atoms with Crippen LogP contribution in [0.1, 0.15) is 85.0 Å². The van der Waals surface area contributed by atoms with Crippen molar-refractivity contribution in [3.05, 3.63) is 75.3 Å². The molecule has 1 amide bonds. The lowest BCUT2D eigenvalue weighted by atomic mass is 9.94. The molecule has 0 saturated heterocycles. The molecule has 2 aromatic carbocycles. The van der Waals surface area contributed by atoms with E-state index in [-0.39, 0.29) is 5.75 Å². The highest BCUT2D eigenvalue weighted by Gasteiger charge is 2.20. The number of sulfonamides is 1. The molecule has 0 spiro atoms. The van der Waals surface area contributed by atoms with E-state index in [9.17, 15) is 13.2 Å². The standard InChI is InChI=1S/C26H34ClNO3S/c1-4-6-8-9-13-21-15-16-22(25(27)18-21)19-24-20(3)12-11-14-23(24)26(29)28-32(30,31)17-10-7-5-2/h9,11-16,18H,4-8,10,17,19H2,1-3H3,(H,28,29). The molecule has 0 aromatic heterocycles. The highest BCUT2D eigenvalue weighted by atomic mass is 35.5. The maximum atomic E-state index is 12.8. The number of hydrogen-bond donors (Lipinski definition) is 1. The maximum Gasteiger partial charge on any atom is 0.265 e. The van der Waals surface area contributed by atoms with Crippen molar-refractivity contribution >= 4 is 33.6 Å². The predicted octanol–water partition coefficient (Wildman–Crippen LogP) is 6.69. The van der Waals surface area contributed by atoms with Crippen LogP contribution in [0.15, 0.2) is 42.5 Å². The molecule has 2 rings (SSSR count). The molecular formula is C26H34ClNO3S. The molecule has 0 aliphatic rings. The Balaban J connectivity index is 2.21. The number of aryl methyl sites for hydroxylation is 1. The van der Waals surface area contributed by atoms with E-state index in [4.69, 9.17) is 11.6 Å². The van der Waals surface area contributed by atoms with Crippen molar-refractivity contribution in [2.75, 3.05) is 5.75 Å². The summed E-state index contributed by atoms with van der Waals surface area (Å²) < 4.78 is 26.8. The lowest BCUT2D eigenvalue weighted by Gasteiger charge is -2.14. The van der Waals surface area contributed by atoms with Crippen molar-refractivity contribution in [3.63, 3.8) is 0 Å². The summed E-state index contributed by atoms with van der Waals surface area (Å²) in [6.45, 7) is 6.09. The Labute approximate surface area is 198 Å². The highest BCUT2D eigenvalue weighted by Crippen LogP contribution is 2.25. The van der Waals surface area contributed by atoms with Gasteiger partial charge in [0.25, 0.3) is 5.91 Å². The third kappa shape index (κ3) is 8.10. The summed E-state index contributed by atoms with van der Waals surface area (Å²) in [5.41, 5.74) is 3.99. The number of amides is 1. The largest absolute Gasteiger partial charge is 0.268 e. The van der Waals surface area contributed by atoms with Crippen molar-refractivity contribution in [1.82, 2.24) is 4.72 Å². The molecule has 0 aliphatic heterocycles. The monoisotopic (exact) mass is 475 g/mol. The van der Waals surface area contributed by atoms with E-state index in [1.807, 2.05) is 38.1 Å². The van der Waals surface area contributed by atoms with Gasteiger partial charge in [0, 0.05) is 10.6 Å². The van der Waals surface area contributed by atoms with Crippen LogP contribution in [0.3, 0.4) is 0 Å². The van der Waals surface area contributed by atoms with Crippen LogP contribution in [0.2, 0.25) is 5.02 Å². The highest BCUT2D eigenvalue weighted by molar-refractivity contribution is 7.90. The van der Waals surface area contributed by atoms with Crippen molar-refractivity contribution < 1.29 is 13.2 Å². The summed E-state index contributed by atoms with van der Waals surface area (Å²) in [4.78, 5) is 12.8. The number of halogens is 1. The SMILES string of the molecule is CCCCC=Cc1ccc(Cc2c(C)cccc2C(=O)NS(=O)(=O)CCCCC)c(Cl)c1. The molecule has 0 saturated carbocycles. The molecule has 174 valence electrons. The number of carbonyl (C=O) groups is 1. The number of rotatable bonds is 12. The molecule has 1 N–H and O–H groups in total. The zero-order valence-corrected chi connectivity index (χ0v) is 20.9. The number of carbonyl (C=O) groups excluding carboxylic acids is 1. The lowest BCUT2D eigenvalue weighted by molar-refractivity contribution is 0.0980. The smallest absolute Gasteiger partial charge is 0.265 e. The summed E-state index contributed by atoms with van der Waals surface area (Å²) in [5.74, 6) is -0.640. The van der Waals surface area contributed by atoms with Crippen LogP contribution in [-0.2, 0) is 16.4 Å². The summed E-state index contributed by atoms with van der Waals surface area (Å²) in [7, 11) is -3.66. The van der Waals surface area contributed by atoms with Gasteiger partial charge in [-0.05, 0) is 60.6 Å².